The number of pyridine rings is 1. The van der Waals surface area contributed by atoms with Crippen LogP contribution in [0.3, 0.4) is 0 Å². The van der Waals surface area contributed by atoms with Crippen molar-refractivity contribution in [2.45, 2.75) is 18.9 Å². The molecule has 35 heavy (non-hydrogen) atoms. The van der Waals surface area contributed by atoms with E-state index < -0.39 is 0 Å². The summed E-state index contributed by atoms with van der Waals surface area (Å²) in [5, 5.41) is 7.70. The number of fused-ring (bicyclic) bond motifs is 1. The topological polar surface area (TPSA) is 78.4 Å². The number of hydrogen-bond acceptors (Lipinski definition) is 8. The van der Waals surface area contributed by atoms with Crippen LogP contribution in [0, 0.1) is 0 Å². The van der Waals surface area contributed by atoms with Crippen LogP contribution >= 0.6 is 0 Å². The van der Waals surface area contributed by atoms with E-state index in [2.05, 4.69) is 61.6 Å². The van der Waals surface area contributed by atoms with Gasteiger partial charge in [0.25, 0.3) is 0 Å². The lowest BCUT2D eigenvalue weighted by Crippen LogP contribution is -2.42. The average molecular weight is 470 g/mol. The van der Waals surface area contributed by atoms with Gasteiger partial charge >= 0.3 is 0 Å². The first-order valence-electron chi connectivity index (χ1n) is 11.9. The van der Waals surface area contributed by atoms with Crippen LogP contribution in [-0.4, -0.2) is 60.2 Å². The van der Waals surface area contributed by atoms with Crippen LogP contribution in [0.2, 0.25) is 0 Å². The maximum Gasteiger partial charge on any atom is 0.229 e. The number of piperidine rings is 1. The molecule has 8 nitrogen and oxygen atoms in total. The zero-order valence-electron chi connectivity index (χ0n) is 20.4. The first-order valence-corrected chi connectivity index (χ1v) is 11.9. The molecule has 0 bridgehead atoms. The first-order chi connectivity index (χ1) is 17.1. The zero-order valence-corrected chi connectivity index (χ0v) is 20.4. The Balaban J connectivity index is 1.29. The van der Waals surface area contributed by atoms with Gasteiger partial charge in [-0.15, -0.1) is 0 Å². The predicted molar refractivity (Wildman–Crippen MR) is 142 cm³/mol. The molecule has 4 aromatic rings. The Hall–Kier alpha value is -3.91. The fraction of sp³-hybridized carbons (Fsp3) is 0.296. The highest BCUT2D eigenvalue weighted by Gasteiger charge is 2.22. The lowest BCUT2D eigenvalue weighted by atomic mass is 10.0. The number of methoxy groups -OCH3 is 1. The SMILES string of the molecule is COc1cc(Nc2nccc(Nc3cnc4ccccc4c3)n2)ccc1N1CCC(N(C)C)CC1. The molecule has 0 aliphatic carbocycles. The van der Waals surface area contributed by atoms with Gasteiger partial charge in [0.2, 0.25) is 5.95 Å². The molecule has 3 heterocycles. The largest absolute Gasteiger partial charge is 0.495 e. The summed E-state index contributed by atoms with van der Waals surface area (Å²) < 4.78 is 5.74. The van der Waals surface area contributed by atoms with Gasteiger partial charge in [-0.1, -0.05) is 18.2 Å². The summed E-state index contributed by atoms with van der Waals surface area (Å²) in [4.78, 5) is 18.2. The van der Waals surface area contributed by atoms with Crippen LogP contribution < -0.4 is 20.3 Å². The maximum atomic E-state index is 5.74. The number of anilines is 5. The van der Waals surface area contributed by atoms with Crippen LogP contribution in [0.15, 0.2) is 67.0 Å². The van der Waals surface area contributed by atoms with E-state index in [9.17, 15) is 0 Å². The molecule has 2 aromatic heterocycles. The van der Waals surface area contributed by atoms with Crippen molar-refractivity contribution >= 4 is 39.7 Å². The molecule has 0 radical (unpaired) electrons. The summed E-state index contributed by atoms with van der Waals surface area (Å²) in [6, 6.07) is 18.7. The Morgan fingerprint density at radius 1 is 0.943 bits per heavy atom. The fourth-order valence-corrected chi connectivity index (χ4v) is 4.54. The molecule has 180 valence electrons. The van der Waals surface area contributed by atoms with E-state index in [0.29, 0.717) is 17.8 Å². The molecular formula is C27H31N7O. The second-order valence-electron chi connectivity index (χ2n) is 9.00. The normalized spacial score (nSPS) is 14.3. The molecule has 0 spiro atoms. The molecule has 8 heteroatoms. The Kier molecular flexibility index (Phi) is 6.63. The smallest absolute Gasteiger partial charge is 0.229 e. The van der Waals surface area contributed by atoms with E-state index in [1.54, 1.807) is 13.3 Å². The van der Waals surface area contributed by atoms with Gasteiger partial charge in [0.1, 0.15) is 11.6 Å². The number of benzene rings is 2. The molecule has 2 N–H and O–H groups in total. The van der Waals surface area contributed by atoms with Gasteiger partial charge in [0.05, 0.1) is 30.2 Å². The number of aromatic nitrogens is 3. The molecule has 1 fully saturated rings. The molecule has 1 aliphatic heterocycles. The highest BCUT2D eigenvalue weighted by molar-refractivity contribution is 5.82. The monoisotopic (exact) mass is 469 g/mol. The third kappa shape index (κ3) is 5.27. The molecule has 2 aromatic carbocycles. The molecular weight excluding hydrogens is 438 g/mol. The second-order valence-corrected chi connectivity index (χ2v) is 9.00. The molecule has 0 atom stereocenters. The highest BCUT2D eigenvalue weighted by atomic mass is 16.5. The van der Waals surface area contributed by atoms with E-state index in [-0.39, 0.29) is 0 Å². The highest BCUT2D eigenvalue weighted by Crippen LogP contribution is 2.34. The lowest BCUT2D eigenvalue weighted by Gasteiger charge is -2.37. The number of hydrogen-bond donors (Lipinski definition) is 2. The van der Waals surface area contributed by atoms with Crippen LogP contribution in [0.25, 0.3) is 10.9 Å². The van der Waals surface area contributed by atoms with Crippen molar-refractivity contribution in [2.75, 3.05) is 49.8 Å². The van der Waals surface area contributed by atoms with Gasteiger partial charge in [-0.05, 0) is 57.3 Å². The van der Waals surface area contributed by atoms with Crippen LogP contribution in [-0.2, 0) is 0 Å². The van der Waals surface area contributed by atoms with Gasteiger partial charge < -0.3 is 25.2 Å². The molecule has 1 aliphatic rings. The van der Waals surface area contributed by atoms with Crippen molar-refractivity contribution in [3.05, 3.63) is 67.0 Å². The molecule has 0 saturated carbocycles. The maximum absolute atomic E-state index is 5.74. The van der Waals surface area contributed by atoms with Gasteiger partial charge in [-0.2, -0.15) is 4.98 Å². The van der Waals surface area contributed by atoms with Crippen molar-refractivity contribution in [3.63, 3.8) is 0 Å². The van der Waals surface area contributed by atoms with Crippen molar-refractivity contribution in [1.82, 2.24) is 19.9 Å². The van der Waals surface area contributed by atoms with Crippen LogP contribution in [0.5, 0.6) is 5.75 Å². The summed E-state index contributed by atoms with van der Waals surface area (Å²) in [6.07, 6.45) is 5.84. The summed E-state index contributed by atoms with van der Waals surface area (Å²) >= 11 is 0. The van der Waals surface area contributed by atoms with Crippen LogP contribution in [0.1, 0.15) is 12.8 Å². The van der Waals surface area contributed by atoms with Gasteiger partial charge in [-0.3, -0.25) is 4.98 Å². The number of para-hydroxylation sites is 1. The van der Waals surface area contributed by atoms with E-state index in [1.807, 2.05) is 48.7 Å². The lowest BCUT2D eigenvalue weighted by molar-refractivity contribution is 0.249. The summed E-state index contributed by atoms with van der Waals surface area (Å²) in [7, 11) is 6.03. The summed E-state index contributed by atoms with van der Waals surface area (Å²) in [5.74, 6) is 2.03. The minimum absolute atomic E-state index is 0.505. The molecule has 5 rings (SSSR count). The first kappa shape index (κ1) is 22.9. The van der Waals surface area contributed by atoms with Crippen molar-refractivity contribution in [3.8, 4) is 5.75 Å². The van der Waals surface area contributed by atoms with Gasteiger partial charge in [0.15, 0.2) is 0 Å². The second kappa shape index (κ2) is 10.1. The van der Waals surface area contributed by atoms with Gasteiger partial charge in [-0.25, -0.2) is 4.98 Å². The molecule has 0 amide bonds. The minimum atomic E-state index is 0.505. The predicted octanol–water partition coefficient (Wildman–Crippen LogP) is 5.05. The third-order valence-electron chi connectivity index (χ3n) is 6.49. The number of ether oxygens (including phenoxy) is 1. The number of nitrogens with one attached hydrogen (secondary N) is 2. The zero-order chi connectivity index (χ0) is 24.2. The van der Waals surface area contributed by atoms with Crippen molar-refractivity contribution in [1.29, 1.82) is 0 Å². The minimum Gasteiger partial charge on any atom is -0.495 e. The van der Waals surface area contributed by atoms with Crippen molar-refractivity contribution in [2.24, 2.45) is 0 Å². The fourth-order valence-electron chi connectivity index (χ4n) is 4.54. The number of nitrogens with zero attached hydrogens (tertiary/aromatic N) is 5. The Labute approximate surface area is 206 Å². The van der Waals surface area contributed by atoms with Gasteiger partial charge in [0, 0.05) is 42.5 Å². The van der Waals surface area contributed by atoms with E-state index in [1.165, 1.54) is 0 Å². The Morgan fingerprint density at radius 2 is 1.77 bits per heavy atom. The third-order valence-corrected chi connectivity index (χ3v) is 6.49. The van der Waals surface area contributed by atoms with E-state index in [0.717, 1.165) is 59.6 Å². The average Bonchev–Trinajstić information content (AvgIpc) is 2.89. The Morgan fingerprint density at radius 3 is 2.57 bits per heavy atom. The van der Waals surface area contributed by atoms with Crippen LogP contribution in [0.4, 0.5) is 28.8 Å². The molecule has 1 saturated heterocycles. The number of rotatable bonds is 7. The quantitative estimate of drug-likeness (QED) is 0.389. The summed E-state index contributed by atoms with van der Waals surface area (Å²) in [5.41, 5.74) is 3.83. The van der Waals surface area contributed by atoms with E-state index in [4.69, 9.17) is 4.74 Å². The standard InChI is InChI=1S/C27H31N7O/c1-33(2)22-11-14-34(15-12-22)24-9-8-20(17-25(24)35-3)31-27-28-13-10-26(32-27)30-21-16-19-6-4-5-7-23(19)29-18-21/h4-10,13,16-18,22H,11-12,14-15H2,1-3H3,(H2,28,30,31,32). The molecule has 0 unspecified atom stereocenters. The van der Waals surface area contributed by atoms with Crippen molar-refractivity contribution < 1.29 is 4.74 Å². The summed E-state index contributed by atoms with van der Waals surface area (Å²) in [6.45, 7) is 2.04. The van der Waals surface area contributed by atoms with E-state index >= 15 is 0 Å². The Bertz CT molecular complexity index is 1300.